The average molecular weight is 252 g/mol. The molecule has 0 aromatic rings. The summed E-state index contributed by atoms with van der Waals surface area (Å²) in [7, 11) is 0. The van der Waals surface area contributed by atoms with Gasteiger partial charge < -0.3 is 10.6 Å². The fourth-order valence-corrected chi connectivity index (χ4v) is 3.75. The van der Waals surface area contributed by atoms with Crippen molar-refractivity contribution in [2.24, 2.45) is 17.6 Å². The lowest BCUT2D eigenvalue weighted by atomic mass is 9.76. The van der Waals surface area contributed by atoms with Crippen molar-refractivity contribution in [2.75, 3.05) is 0 Å². The molecule has 3 heteroatoms. The molecule has 1 heterocycles. The number of amides is 1. The van der Waals surface area contributed by atoms with Gasteiger partial charge >= 0.3 is 0 Å². The van der Waals surface area contributed by atoms with Crippen LogP contribution in [0.4, 0.5) is 0 Å². The molecular weight excluding hydrogens is 224 g/mol. The van der Waals surface area contributed by atoms with Crippen LogP contribution < -0.4 is 5.73 Å². The normalized spacial score (nSPS) is 41.8. The zero-order valence-corrected chi connectivity index (χ0v) is 12.1. The van der Waals surface area contributed by atoms with E-state index in [0.717, 1.165) is 32.1 Å². The summed E-state index contributed by atoms with van der Waals surface area (Å²) in [5.74, 6) is 1.03. The predicted molar refractivity (Wildman–Crippen MR) is 74.1 cm³/mol. The Labute approximate surface area is 111 Å². The second-order valence-corrected chi connectivity index (χ2v) is 6.53. The molecule has 2 aliphatic rings. The van der Waals surface area contributed by atoms with Gasteiger partial charge in [-0.15, -0.1) is 0 Å². The lowest BCUT2D eigenvalue weighted by Gasteiger charge is -2.43. The molecule has 3 unspecified atom stereocenters. The van der Waals surface area contributed by atoms with Crippen molar-refractivity contribution >= 4 is 5.91 Å². The molecule has 1 saturated heterocycles. The van der Waals surface area contributed by atoms with E-state index < -0.39 is 0 Å². The van der Waals surface area contributed by atoms with Gasteiger partial charge in [0, 0.05) is 24.0 Å². The van der Waals surface area contributed by atoms with Crippen LogP contribution in [0.2, 0.25) is 0 Å². The van der Waals surface area contributed by atoms with Gasteiger partial charge in [-0.3, -0.25) is 4.79 Å². The fraction of sp³-hybridized carbons (Fsp3) is 0.933. The Morgan fingerprint density at radius 2 is 1.67 bits per heavy atom. The molecule has 0 spiro atoms. The van der Waals surface area contributed by atoms with Crippen LogP contribution in [0.5, 0.6) is 0 Å². The Kier molecular flexibility index (Phi) is 4.31. The van der Waals surface area contributed by atoms with E-state index in [1.54, 1.807) is 0 Å². The Morgan fingerprint density at radius 1 is 1.06 bits per heavy atom. The second kappa shape index (κ2) is 5.60. The van der Waals surface area contributed by atoms with E-state index >= 15 is 0 Å². The number of hydrogen-bond acceptors (Lipinski definition) is 2. The molecule has 0 aromatic carbocycles. The highest BCUT2D eigenvalue weighted by Gasteiger charge is 2.38. The van der Waals surface area contributed by atoms with Crippen molar-refractivity contribution in [1.29, 1.82) is 0 Å². The molecule has 1 saturated carbocycles. The van der Waals surface area contributed by atoms with Gasteiger partial charge in [-0.25, -0.2) is 0 Å². The standard InChI is InChI=1S/C15H28N2O/c1-10-7-8-13(16)9-14(10)15(18)17-11(2)5-4-6-12(17)3/h10-14H,4-9,16H2,1-3H3/t10?,11-,12+,13?,14?. The van der Waals surface area contributed by atoms with Crippen LogP contribution in [-0.4, -0.2) is 28.9 Å². The molecule has 104 valence electrons. The number of piperidine rings is 1. The average Bonchev–Trinajstić information content (AvgIpc) is 2.32. The Bertz CT molecular complexity index is 295. The number of rotatable bonds is 1. The van der Waals surface area contributed by atoms with Crippen molar-refractivity contribution in [3.8, 4) is 0 Å². The number of likely N-dealkylation sites (tertiary alicyclic amines) is 1. The largest absolute Gasteiger partial charge is 0.337 e. The van der Waals surface area contributed by atoms with Crippen LogP contribution in [0.15, 0.2) is 0 Å². The van der Waals surface area contributed by atoms with Gasteiger partial charge in [0.25, 0.3) is 0 Å². The summed E-state index contributed by atoms with van der Waals surface area (Å²) in [6, 6.07) is 1.05. The van der Waals surface area contributed by atoms with Gasteiger partial charge in [0.2, 0.25) is 5.91 Å². The molecule has 18 heavy (non-hydrogen) atoms. The predicted octanol–water partition coefficient (Wildman–Crippen LogP) is 2.54. The summed E-state index contributed by atoms with van der Waals surface area (Å²) < 4.78 is 0. The minimum Gasteiger partial charge on any atom is -0.337 e. The molecule has 1 aliphatic carbocycles. The topological polar surface area (TPSA) is 46.3 Å². The van der Waals surface area contributed by atoms with Gasteiger partial charge in [0.05, 0.1) is 0 Å². The SMILES string of the molecule is CC1CCC(N)CC1C(=O)N1[C@H](C)CCC[C@@H]1C. The van der Waals surface area contributed by atoms with Crippen molar-refractivity contribution in [2.45, 2.75) is 77.4 Å². The minimum atomic E-state index is 0.164. The van der Waals surface area contributed by atoms with E-state index in [0.29, 0.717) is 23.9 Å². The maximum absolute atomic E-state index is 12.8. The summed E-state index contributed by atoms with van der Waals surface area (Å²) >= 11 is 0. The van der Waals surface area contributed by atoms with E-state index in [-0.39, 0.29) is 12.0 Å². The van der Waals surface area contributed by atoms with Gasteiger partial charge in [-0.05, 0) is 58.3 Å². The minimum absolute atomic E-state index is 0.164. The zero-order valence-electron chi connectivity index (χ0n) is 12.1. The fourth-order valence-electron chi connectivity index (χ4n) is 3.75. The molecule has 2 fully saturated rings. The summed E-state index contributed by atoms with van der Waals surface area (Å²) in [4.78, 5) is 15.0. The molecular formula is C15H28N2O. The maximum Gasteiger partial charge on any atom is 0.226 e. The van der Waals surface area contributed by atoms with Gasteiger partial charge in [-0.2, -0.15) is 0 Å². The highest BCUT2D eigenvalue weighted by Crippen LogP contribution is 2.33. The first kappa shape index (κ1) is 13.9. The Balaban J connectivity index is 2.08. The van der Waals surface area contributed by atoms with Crippen LogP contribution >= 0.6 is 0 Å². The Hall–Kier alpha value is -0.570. The first-order chi connectivity index (χ1) is 8.50. The molecule has 5 atom stereocenters. The summed E-state index contributed by atoms with van der Waals surface area (Å²) in [6.45, 7) is 6.61. The third-order valence-corrected chi connectivity index (χ3v) is 5.00. The van der Waals surface area contributed by atoms with Crippen molar-refractivity contribution in [1.82, 2.24) is 4.90 Å². The van der Waals surface area contributed by atoms with Crippen LogP contribution in [0.25, 0.3) is 0 Å². The van der Waals surface area contributed by atoms with Gasteiger partial charge in [-0.1, -0.05) is 6.92 Å². The number of nitrogens with two attached hydrogens (primary N) is 1. The van der Waals surface area contributed by atoms with Crippen LogP contribution in [-0.2, 0) is 4.79 Å². The molecule has 2 N–H and O–H groups in total. The van der Waals surface area contributed by atoms with E-state index in [9.17, 15) is 4.79 Å². The maximum atomic E-state index is 12.8. The van der Waals surface area contributed by atoms with Crippen LogP contribution in [0, 0.1) is 11.8 Å². The van der Waals surface area contributed by atoms with E-state index in [1.807, 2.05) is 0 Å². The van der Waals surface area contributed by atoms with Crippen molar-refractivity contribution in [3.63, 3.8) is 0 Å². The first-order valence-electron chi connectivity index (χ1n) is 7.58. The van der Waals surface area contributed by atoms with Crippen molar-refractivity contribution in [3.05, 3.63) is 0 Å². The Morgan fingerprint density at radius 3 is 2.28 bits per heavy atom. The molecule has 1 aliphatic heterocycles. The molecule has 1 amide bonds. The molecule has 0 radical (unpaired) electrons. The quantitative estimate of drug-likeness (QED) is 0.779. The highest BCUT2D eigenvalue weighted by atomic mass is 16.2. The smallest absolute Gasteiger partial charge is 0.226 e. The second-order valence-electron chi connectivity index (χ2n) is 6.53. The van der Waals surface area contributed by atoms with Gasteiger partial charge in [0.1, 0.15) is 0 Å². The lowest BCUT2D eigenvalue weighted by molar-refractivity contribution is -0.144. The monoisotopic (exact) mass is 252 g/mol. The van der Waals surface area contributed by atoms with E-state index in [2.05, 4.69) is 25.7 Å². The molecule has 0 bridgehead atoms. The zero-order chi connectivity index (χ0) is 13.3. The van der Waals surface area contributed by atoms with Crippen LogP contribution in [0.3, 0.4) is 0 Å². The highest BCUT2D eigenvalue weighted by molar-refractivity contribution is 5.80. The first-order valence-corrected chi connectivity index (χ1v) is 7.58. The molecule has 0 aromatic heterocycles. The summed E-state index contributed by atoms with van der Waals surface area (Å²) in [6.07, 6.45) is 6.64. The van der Waals surface area contributed by atoms with Gasteiger partial charge in [0.15, 0.2) is 0 Å². The number of nitrogens with zero attached hydrogens (tertiary/aromatic N) is 1. The van der Waals surface area contributed by atoms with E-state index in [4.69, 9.17) is 5.73 Å². The third kappa shape index (κ3) is 2.71. The molecule has 3 nitrogen and oxygen atoms in total. The molecule has 2 rings (SSSR count). The van der Waals surface area contributed by atoms with Crippen molar-refractivity contribution < 1.29 is 4.79 Å². The van der Waals surface area contributed by atoms with E-state index in [1.165, 1.54) is 6.42 Å². The number of carbonyl (C=O) groups excluding carboxylic acids is 1. The summed E-state index contributed by atoms with van der Waals surface area (Å²) in [5, 5.41) is 0. The number of hydrogen-bond donors (Lipinski definition) is 1. The summed E-state index contributed by atoms with van der Waals surface area (Å²) in [5.41, 5.74) is 6.05. The van der Waals surface area contributed by atoms with Crippen LogP contribution in [0.1, 0.15) is 59.3 Å². The number of carbonyl (C=O) groups is 1. The lowest BCUT2D eigenvalue weighted by Crippen LogP contribution is -2.52. The third-order valence-electron chi connectivity index (χ3n) is 5.00.